The van der Waals surface area contributed by atoms with Crippen molar-refractivity contribution in [3.8, 4) is 39.5 Å². The Balaban J connectivity index is 1.51. The third kappa shape index (κ3) is 4.63. The Labute approximate surface area is 201 Å². The molecule has 2 N–H and O–H groups in total. The smallest absolute Gasteiger partial charge is 0.341 e. The maximum atomic E-state index is 12.2. The minimum absolute atomic E-state index is 0.0288. The molecule has 2 aromatic heterocycles. The van der Waals surface area contributed by atoms with E-state index in [2.05, 4.69) is 25.6 Å². The molecule has 0 saturated carbocycles. The van der Waals surface area contributed by atoms with E-state index in [9.17, 15) is 9.90 Å². The number of carboxylic acids is 1. The Morgan fingerprint density at radius 3 is 2.29 bits per heavy atom. The van der Waals surface area contributed by atoms with Crippen LogP contribution in [0.2, 0.25) is 0 Å². The highest BCUT2D eigenvalue weighted by molar-refractivity contribution is 5.97. The first-order valence-electron chi connectivity index (χ1n) is 11.0. The molecule has 0 saturated heterocycles. The zero-order chi connectivity index (χ0) is 24.2. The molecule has 0 unspecified atom stereocenters. The summed E-state index contributed by atoms with van der Waals surface area (Å²) in [7, 11) is 0. The van der Waals surface area contributed by atoms with Gasteiger partial charge in [-0.25, -0.2) is 4.79 Å². The molecule has 172 valence electrons. The molecular formula is C27H21N5O3. The summed E-state index contributed by atoms with van der Waals surface area (Å²) in [5.41, 5.74) is 5.37. The lowest BCUT2D eigenvalue weighted by molar-refractivity contribution is 0.0692. The van der Waals surface area contributed by atoms with E-state index in [0.29, 0.717) is 22.8 Å². The van der Waals surface area contributed by atoms with Crippen LogP contribution in [0.5, 0.6) is 5.75 Å². The summed E-state index contributed by atoms with van der Waals surface area (Å²) < 4.78 is 6.06. The van der Waals surface area contributed by atoms with E-state index < -0.39 is 5.97 Å². The first-order chi connectivity index (χ1) is 17.1. The fraction of sp³-hybridized carbons (Fsp3) is 0.0741. The highest BCUT2D eigenvalue weighted by Crippen LogP contribution is 2.33. The highest BCUT2D eigenvalue weighted by Gasteiger charge is 2.21. The summed E-state index contributed by atoms with van der Waals surface area (Å²) in [5, 5.41) is 24.5. The monoisotopic (exact) mass is 463 g/mol. The Morgan fingerprint density at radius 1 is 0.914 bits per heavy atom. The predicted octanol–water partition coefficient (Wildman–Crippen LogP) is 5.18. The molecule has 0 bridgehead atoms. The molecule has 8 nitrogen and oxygen atoms in total. The number of pyridine rings is 1. The summed E-state index contributed by atoms with van der Waals surface area (Å²) >= 11 is 0. The van der Waals surface area contributed by atoms with Gasteiger partial charge in [-0.1, -0.05) is 72.8 Å². The molecule has 0 spiro atoms. The molecule has 0 radical (unpaired) electrons. The van der Waals surface area contributed by atoms with E-state index in [-0.39, 0.29) is 17.9 Å². The average molecular weight is 463 g/mol. The number of aryl methyl sites for hydroxylation is 1. The summed E-state index contributed by atoms with van der Waals surface area (Å²) in [6.07, 6.45) is 0. The molecule has 0 aliphatic heterocycles. The number of ether oxygens (including phenoxy) is 1. The van der Waals surface area contributed by atoms with E-state index in [0.717, 1.165) is 22.3 Å². The molecule has 0 aliphatic rings. The van der Waals surface area contributed by atoms with Crippen molar-refractivity contribution in [2.75, 3.05) is 0 Å². The van der Waals surface area contributed by atoms with Gasteiger partial charge in [0.25, 0.3) is 0 Å². The number of aromatic amines is 1. The third-order valence-corrected chi connectivity index (χ3v) is 5.52. The lowest BCUT2D eigenvalue weighted by Gasteiger charge is -2.15. The van der Waals surface area contributed by atoms with Crippen LogP contribution in [0.3, 0.4) is 0 Å². The molecule has 3 aromatic carbocycles. The molecule has 35 heavy (non-hydrogen) atoms. The summed E-state index contributed by atoms with van der Waals surface area (Å²) in [5.74, 6) is -0.376. The molecule has 8 heteroatoms. The lowest BCUT2D eigenvalue weighted by Crippen LogP contribution is -2.08. The van der Waals surface area contributed by atoms with Gasteiger partial charge in [0.15, 0.2) is 0 Å². The molecule has 0 fully saturated rings. The Morgan fingerprint density at radius 2 is 1.63 bits per heavy atom. The SMILES string of the molecule is Cc1cc(OCc2ccc(-c3ccccc3)c(-c3nn[nH]n3)c2)c(C(=O)O)c(-c2ccccc2)n1. The van der Waals surface area contributed by atoms with Gasteiger partial charge in [0.2, 0.25) is 5.82 Å². The van der Waals surface area contributed by atoms with Crippen LogP contribution in [0.15, 0.2) is 84.9 Å². The molecule has 0 atom stereocenters. The molecule has 0 amide bonds. The second-order valence-corrected chi connectivity index (χ2v) is 7.93. The number of hydrogen-bond acceptors (Lipinski definition) is 6. The van der Waals surface area contributed by atoms with Gasteiger partial charge in [-0.2, -0.15) is 5.21 Å². The van der Waals surface area contributed by atoms with Crippen LogP contribution >= 0.6 is 0 Å². The van der Waals surface area contributed by atoms with Crippen molar-refractivity contribution in [3.63, 3.8) is 0 Å². The van der Waals surface area contributed by atoms with E-state index >= 15 is 0 Å². The second kappa shape index (κ2) is 9.56. The molecule has 0 aliphatic carbocycles. The molecule has 5 rings (SSSR count). The lowest BCUT2D eigenvalue weighted by atomic mass is 9.97. The van der Waals surface area contributed by atoms with Crippen LogP contribution in [0.1, 0.15) is 21.6 Å². The fourth-order valence-electron chi connectivity index (χ4n) is 3.94. The molecular weight excluding hydrogens is 442 g/mol. The van der Waals surface area contributed by atoms with Crippen LogP contribution in [-0.2, 0) is 6.61 Å². The van der Waals surface area contributed by atoms with Crippen LogP contribution in [0.25, 0.3) is 33.8 Å². The maximum absolute atomic E-state index is 12.2. The van der Waals surface area contributed by atoms with Crippen molar-refractivity contribution >= 4 is 5.97 Å². The summed E-state index contributed by atoms with van der Waals surface area (Å²) in [6.45, 7) is 1.96. The van der Waals surface area contributed by atoms with E-state index in [1.165, 1.54) is 0 Å². The topological polar surface area (TPSA) is 114 Å². The van der Waals surface area contributed by atoms with Gasteiger partial charge in [-0.3, -0.25) is 4.98 Å². The van der Waals surface area contributed by atoms with Crippen molar-refractivity contribution < 1.29 is 14.6 Å². The van der Waals surface area contributed by atoms with Gasteiger partial charge in [0.05, 0.1) is 5.69 Å². The van der Waals surface area contributed by atoms with E-state index in [1.807, 2.05) is 85.8 Å². The Kier molecular flexibility index (Phi) is 6.00. The second-order valence-electron chi connectivity index (χ2n) is 7.93. The van der Waals surface area contributed by atoms with Crippen molar-refractivity contribution in [3.05, 3.63) is 102 Å². The van der Waals surface area contributed by atoms with Gasteiger partial charge in [-0.15, -0.1) is 10.2 Å². The number of aromatic nitrogens is 5. The number of nitrogens with one attached hydrogen (secondary N) is 1. The Hall–Kier alpha value is -4.85. The number of benzene rings is 3. The largest absolute Gasteiger partial charge is 0.488 e. The zero-order valence-corrected chi connectivity index (χ0v) is 18.8. The number of nitrogens with zero attached hydrogens (tertiary/aromatic N) is 4. The van der Waals surface area contributed by atoms with Crippen molar-refractivity contribution in [2.24, 2.45) is 0 Å². The summed E-state index contributed by atoms with van der Waals surface area (Å²) in [6, 6.07) is 26.6. The third-order valence-electron chi connectivity index (χ3n) is 5.52. The van der Waals surface area contributed by atoms with E-state index in [1.54, 1.807) is 6.07 Å². The van der Waals surface area contributed by atoms with Gasteiger partial charge in [0, 0.05) is 22.9 Å². The minimum atomic E-state index is -1.10. The van der Waals surface area contributed by atoms with Gasteiger partial charge < -0.3 is 9.84 Å². The predicted molar refractivity (Wildman–Crippen MR) is 131 cm³/mol. The van der Waals surface area contributed by atoms with Crippen molar-refractivity contribution in [1.82, 2.24) is 25.6 Å². The maximum Gasteiger partial charge on any atom is 0.341 e. The average Bonchev–Trinajstić information content (AvgIpc) is 3.43. The number of aromatic carboxylic acids is 1. The number of carbonyl (C=O) groups is 1. The standard InChI is InChI=1S/C27H21N5O3/c1-17-14-23(24(27(33)34)25(28-17)20-10-6-3-7-11-20)35-16-18-12-13-21(19-8-4-2-5-9-19)22(15-18)26-29-31-32-30-26/h2-15H,16H2,1H3,(H,33,34)(H,29,30,31,32). The normalized spacial score (nSPS) is 10.8. The number of carboxylic acid groups (broad SMARTS) is 1. The van der Waals surface area contributed by atoms with Crippen LogP contribution < -0.4 is 4.74 Å². The van der Waals surface area contributed by atoms with Crippen LogP contribution in [0, 0.1) is 6.92 Å². The minimum Gasteiger partial charge on any atom is -0.488 e. The van der Waals surface area contributed by atoms with Crippen LogP contribution in [-0.4, -0.2) is 36.7 Å². The first-order valence-corrected chi connectivity index (χ1v) is 11.0. The number of hydrogen-bond donors (Lipinski definition) is 2. The number of H-pyrrole nitrogens is 1. The quantitative estimate of drug-likeness (QED) is 0.342. The zero-order valence-electron chi connectivity index (χ0n) is 18.8. The Bertz CT molecular complexity index is 1470. The first kappa shape index (κ1) is 22.0. The highest BCUT2D eigenvalue weighted by atomic mass is 16.5. The molecule has 2 heterocycles. The number of tetrazole rings is 1. The van der Waals surface area contributed by atoms with Gasteiger partial charge >= 0.3 is 5.97 Å². The number of rotatable bonds is 7. The summed E-state index contributed by atoms with van der Waals surface area (Å²) in [4.78, 5) is 16.7. The van der Waals surface area contributed by atoms with Crippen molar-refractivity contribution in [1.29, 1.82) is 0 Å². The van der Waals surface area contributed by atoms with Crippen molar-refractivity contribution in [2.45, 2.75) is 13.5 Å². The molecule has 5 aromatic rings. The fourth-order valence-corrected chi connectivity index (χ4v) is 3.94. The van der Waals surface area contributed by atoms with Gasteiger partial charge in [0.1, 0.15) is 17.9 Å². The van der Waals surface area contributed by atoms with E-state index in [4.69, 9.17) is 4.74 Å². The van der Waals surface area contributed by atoms with Crippen LogP contribution in [0.4, 0.5) is 0 Å². The van der Waals surface area contributed by atoms with Gasteiger partial charge in [-0.05, 0) is 34.9 Å².